The molecule has 0 aliphatic carbocycles. The van der Waals surface area contributed by atoms with Gasteiger partial charge in [0.15, 0.2) is 5.78 Å². The number of aryl methyl sites for hydroxylation is 1. The van der Waals surface area contributed by atoms with Gasteiger partial charge in [-0.05, 0) is 44.5 Å². The highest BCUT2D eigenvalue weighted by molar-refractivity contribution is 8.00. The summed E-state index contributed by atoms with van der Waals surface area (Å²) >= 11 is 1.54. The zero-order valence-electron chi connectivity index (χ0n) is 14.8. The van der Waals surface area contributed by atoms with E-state index < -0.39 is 0 Å². The predicted molar refractivity (Wildman–Crippen MR) is 98.4 cm³/mol. The van der Waals surface area contributed by atoms with Gasteiger partial charge in [0.05, 0.1) is 12.9 Å². The highest BCUT2D eigenvalue weighted by atomic mass is 32.2. The molecule has 24 heavy (non-hydrogen) atoms. The predicted octanol–water partition coefficient (Wildman–Crippen LogP) is 4.13. The normalized spacial score (nSPS) is 10.8. The summed E-state index contributed by atoms with van der Waals surface area (Å²) in [5, 5.41) is 0. The first-order valence-electron chi connectivity index (χ1n) is 8.02. The standard InChI is InChI=1S/C19H25NO3S/c1-14-11-18(15(2)20(14)9-6-10-22-3)19(21)13-24-17-8-5-7-16(12-17)23-4/h5,7-8,11-12H,6,9-10,13H2,1-4H3. The molecule has 0 saturated heterocycles. The van der Waals surface area contributed by atoms with Crippen molar-refractivity contribution < 1.29 is 14.3 Å². The molecule has 5 heteroatoms. The number of benzene rings is 1. The lowest BCUT2D eigenvalue weighted by Crippen LogP contribution is -2.08. The monoisotopic (exact) mass is 347 g/mol. The fourth-order valence-corrected chi connectivity index (χ4v) is 3.54. The molecule has 0 aliphatic rings. The van der Waals surface area contributed by atoms with E-state index in [-0.39, 0.29) is 5.78 Å². The molecule has 1 aromatic carbocycles. The van der Waals surface area contributed by atoms with Gasteiger partial charge in [-0.3, -0.25) is 4.79 Å². The van der Waals surface area contributed by atoms with E-state index in [9.17, 15) is 4.79 Å². The number of aromatic nitrogens is 1. The van der Waals surface area contributed by atoms with Crippen molar-refractivity contribution in [2.24, 2.45) is 0 Å². The highest BCUT2D eigenvalue weighted by Gasteiger charge is 2.15. The average molecular weight is 347 g/mol. The van der Waals surface area contributed by atoms with E-state index in [1.165, 1.54) is 11.8 Å². The van der Waals surface area contributed by atoms with E-state index in [1.807, 2.05) is 44.2 Å². The van der Waals surface area contributed by atoms with Crippen molar-refractivity contribution in [3.8, 4) is 5.75 Å². The summed E-state index contributed by atoms with van der Waals surface area (Å²) < 4.78 is 12.5. The quantitative estimate of drug-likeness (QED) is 0.389. The van der Waals surface area contributed by atoms with Gasteiger partial charge >= 0.3 is 0 Å². The first kappa shape index (κ1) is 18.6. The van der Waals surface area contributed by atoms with Crippen LogP contribution >= 0.6 is 11.8 Å². The van der Waals surface area contributed by atoms with Gasteiger partial charge in [0, 0.05) is 42.1 Å². The van der Waals surface area contributed by atoms with Crippen molar-refractivity contribution in [2.75, 3.05) is 26.6 Å². The van der Waals surface area contributed by atoms with Crippen LogP contribution in [0.15, 0.2) is 35.2 Å². The minimum atomic E-state index is 0.161. The fraction of sp³-hybridized carbons (Fsp3) is 0.421. The maximum Gasteiger partial charge on any atom is 0.174 e. The van der Waals surface area contributed by atoms with E-state index in [4.69, 9.17) is 9.47 Å². The number of Topliss-reactive ketones (excluding diaryl/α,β-unsaturated/α-hetero) is 1. The van der Waals surface area contributed by atoms with E-state index in [1.54, 1.807) is 14.2 Å². The van der Waals surface area contributed by atoms with Crippen LogP contribution in [0, 0.1) is 13.8 Å². The lowest BCUT2D eigenvalue weighted by molar-refractivity contribution is 0.102. The van der Waals surface area contributed by atoms with Crippen molar-refractivity contribution in [1.29, 1.82) is 0 Å². The van der Waals surface area contributed by atoms with Crippen molar-refractivity contribution in [2.45, 2.75) is 31.7 Å². The second kappa shape index (κ2) is 8.94. The van der Waals surface area contributed by atoms with Crippen LogP contribution in [-0.4, -0.2) is 36.9 Å². The van der Waals surface area contributed by atoms with E-state index in [0.717, 1.165) is 47.2 Å². The molecule has 0 bridgehead atoms. The molecule has 0 fully saturated rings. The number of carbonyl (C=O) groups excluding carboxylic acids is 1. The Morgan fingerprint density at radius 2 is 2.00 bits per heavy atom. The fourth-order valence-electron chi connectivity index (χ4n) is 2.71. The molecule has 2 rings (SSSR count). The molecule has 1 heterocycles. The summed E-state index contributed by atoms with van der Waals surface area (Å²) in [6, 6.07) is 9.78. The molecule has 0 unspecified atom stereocenters. The van der Waals surface area contributed by atoms with Crippen molar-refractivity contribution in [3.63, 3.8) is 0 Å². The number of ketones is 1. The maximum atomic E-state index is 12.6. The molecule has 0 saturated carbocycles. The number of carbonyl (C=O) groups is 1. The maximum absolute atomic E-state index is 12.6. The van der Waals surface area contributed by atoms with Crippen molar-refractivity contribution in [1.82, 2.24) is 4.57 Å². The zero-order chi connectivity index (χ0) is 17.5. The van der Waals surface area contributed by atoms with Crippen LogP contribution in [0.25, 0.3) is 0 Å². The number of ether oxygens (including phenoxy) is 2. The van der Waals surface area contributed by atoms with E-state index >= 15 is 0 Å². The number of hydrogen-bond donors (Lipinski definition) is 0. The van der Waals surface area contributed by atoms with Gasteiger partial charge < -0.3 is 14.0 Å². The summed E-state index contributed by atoms with van der Waals surface area (Å²) in [6.07, 6.45) is 0.944. The van der Waals surface area contributed by atoms with Gasteiger partial charge in [0.1, 0.15) is 5.75 Å². The number of thioether (sulfide) groups is 1. The molecule has 0 aliphatic heterocycles. The minimum absolute atomic E-state index is 0.161. The van der Waals surface area contributed by atoms with Gasteiger partial charge in [-0.1, -0.05) is 6.07 Å². The van der Waals surface area contributed by atoms with Crippen LogP contribution in [0.2, 0.25) is 0 Å². The molecule has 2 aromatic rings. The van der Waals surface area contributed by atoms with Crippen LogP contribution in [0.1, 0.15) is 28.2 Å². The van der Waals surface area contributed by atoms with Crippen LogP contribution in [0.4, 0.5) is 0 Å². The second-order valence-corrected chi connectivity index (χ2v) is 6.72. The Balaban J connectivity index is 2.02. The number of hydrogen-bond acceptors (Lipinski definition) is 4. The van der Waals surface area contributed by atoms with Crippen LogP contribution in [-0.2, 0) is 11.3 Å². The molecule has 0 N–H and O–H groups in total. The number of rotatable bonds is 9. The zero-order valence-corrected chi connectivity index (χ0v) is 15.6. The van der Waals surface area contributed by atoms with Crippen molar-refractivity contribution in [3.05, 3.63) is 47.3 Å². The van der Waals surface area contributed by atoms with Gasteiger partial charge in [-0.15, -0.1) is 11.8 Å². The molecule has 0 spiro atoms. The SMILES string of the molecule is COCCCn1c(C)cc(C(=O)CSc2cccc(OC)c2)c1C. The summed E-state index contributed by atoms with van der Waals surface area (Å²) in [4.78, 5) is 13.6. The van der Waals surface area contributed by atoms with Gasteiger partial charge in [-0.2, -0.15) is 0 Å². The first-order chi connectivity index (χ1) is 11.6. The van der Waals surface area contributed by atoms with Crippen LogP contribution in [0.3, 0.4) is 0 Å². The molecular weight excluding hydrogens is 322 g/mol. The summed E-state index contributed by atoms with van der Waals surface area (Å²) in [5.41, 5.74) is 2.98. The average Bonchev–Trinajstić information content (AvgIpc) is 2.88. The summed E-state index contributed by atoms with van der Waals surface area (Å²) in [5.74, 6) is 1.40. The van der Waals surface area contributed by atoms with Crippen molar-refractivity contribution >= 4 is 17.5 Å². The first-order valence-corrected chi connectivity index (χ1v) is 9.01. The molecule has 0 amide bonds. The molecule has 4 nitrogen and oxygen atoms in total. The highest BCUT2D eigenvalue weighted by Crippen LogP contribution is 2.25. The van der Waals surface area contributed by atoms with E-state index in [0.29, 0.717) is 5.75 Å². The second-order valence-electron chi connectivity index (χ2n) is 5.67. The van der Waals surface area contributed by atoms with Crippen LogP contribution in [0.5, 0.6) is 5.75 Å². The molecule has 1 aromatic heterocycles. The Morgan fingerprint density at radius 1 is 1.21 bits per heavy atom. The Labute approximate surface area is 148 Å². The van der Waals surface area contributed by atoms with Crippen LogP contribution < -0.4 is 4.74 Å². The minimum Gasteiger partial charge on any atom is -0.497 e. The lowest BCUT2D eigenvalue weighted by Gasteiger charge is -2.09. The number of nitrogens with zero attached hydrogens (tertiary/aromatic N) is 1. The van der Waals surface area contributed by atoms with E-state index in [2.05, 4.69) is 4.57 Å². The Morgan fingerprint density at radius 3 is 2.71 bits per heavy atom. The molecule has 0 radical (unpaired) electrons. The lowest BCUT2D eigenvalue weighted by atomic mass is 10.2. The Bertz CT molecular complexity index is 694. The third-order valence-corrected chi connectivity index (χ3v) is 5.01. The Hall–Kier alpha value is -1.72. The Kier molecular flexibility index (Phi) is 6.94. The summed E-state index contributed by atoms with van der Waals surface area (Å²) in [7, 11) is 3.35. The van der Waals surface area contributed by atoms with Gasteiger partial charge in [0.25, 0.3) is 0 Å². The smallest absolute Gasteiger partial charge is 0.174 e. The van der Waals surface area contributed by atoms with Gasteiger partial charge in [-0.25, -0.2) is 0 Å². The third kappa shape index (κ3) is 4.65. The summed E-state index contributed by atoms with van der Waals surface area (Å²) in [6.45, 7) is 5.67. The topological polar surface area (TPSA) is 40.5 Å². The third-order valence-electron chi connectivity index (χ3n) is 4.02. The number of methoxy groups -OCH3 is 2. The molecular formula is C19H25NO3S. The van der Waals surface area contributed by atoms with Gasteiger partial charge in [0.2, 0.25) is 0 Å². The molecule has 0 atom stereocenters. The largest absolute Gasteiger partial charge is 0.497 e. The molecule has 130 valence electrons.